The summed E-state index contributed by atoms with van der Waals surface area (Å²) in [4.78, 5) is 39.8. The molecule has 1 aliphatic heterocycles. The van der Waals surface area contributed by atoms with Gasteiger partial charge in [0.2, 0.25) is 17.5 Å². The van der Waals surface area contributed by atoms with Crippen LogP contribution in [0.5, 0.6) is 5.88 Å². The van der Waals surface area contributed by atoms with Crippen LogP contribution in [0.15, 0.2) is 16.1 Å². The molecule has 1 fully saturated rings. The Labute approximate surface area is 301 Å². The average Bonchev–Trinajstić information content (AvgIpc) is 3.65. The third-order valence-corrected chi connectivity index (χ3v) is 10.4. The lowest BCUT2D eigenvalue weighted by molar-refractivity contribution is 0.0968. The third kappa shape index (κ3) is 9.74. The second-order valence-corrected chi connectivity index (χ2v) is 13.8. The number of aromatic amines is 1. The number of carbonyl (C=O) groups excluding carboxylic acids is 1. The van der Waals surface area contributed by atoms with Gasteiger partial charge in [-0.1, -0.05) is 34.1 Å². The van der Waals surface area contributed by atoms with Crippen LogP contribution in [0.4, 0.5) is 5.00 Å². The number of carbonyl (C=O) groups is 1. The molecule has 4 heterocycles. The number of hydrogen-bond donors (Lipinski definition) is 4. The van der Waals surface area contributed by atoms with Gasteiger partial charge < -0.3 is 26.3 Å². The number of aromatic nitrogens is 4. The van der Waals surface area contributed by atoms with Crippen molar-refractivity contribution in [1.82, 2.24) is 24.8 Å². The molecule has 1 aliphatic carbocycles. The van der Waals surface area contributed by atoms with Crippen molar-refractivity contribution < 1.29 is 14.3 Å². The predicted octanol–water partition coefficient (Wildman–Crippen LogP) is 6.59. The van der Waals surface area contributed by atoms with Crippen LogP contribution in [0.2, 0.25) is 0 Å². The maximum atomic E-state index is 14.1. The van der Waals surface area contributed by atoms with Gasteiger partial charge in [0.05, 0.1) is 5.56 Å². The molecule has 12 nitrogen and oxygen atoms in total. The summed E-state index contributed by atoms with van der Waals surface area (Å²) in [6.07, 6.45) is 9.17. The number of fused-ring (bicyclic) bond motifs is 2. The highest BCUT2D eigenvalue weighted by molar-refractivity contribution is 7.16. The van der Waals surface area contributed by atoms with Crippen molar-refractivity contribution in [2.75, 3.05) is 32.5 Å². The van der Waals surface area contributed by atoms with Crippen LogP contribution in [-0.2, 0) is 17.7 Å². The van der Waals surface area contributed by atoms with Crippen LogP contribution in [0.3, 0.4) is 0 Å². The van der Waals surface area contributed by atoms with Gasteiger partial charge in [-0.15, -0.1) is 11.3 Å². The van der Waals surface area contributed by atoms with E-state index >= 15 is 0 Å². The topological polar surface area (TPSA) is 187 Å². The van der Waals surface area contributed by atoms with Gasteiger partial charge in [-0.25, -0.2) is 9.78 Å². The lowest BCUT2D eigenvalue weighted by Crippen LogP contribution is -2.25. The molecule has 3 atom stereocenters. The summed E-state index contributed by atoms with van der Waals surface area (Å²) in [7, 11) is 1.93. The predicted molar refractivity (Wildman–Crippen MR) is 202 cm³/mol. The number of ether oxygens (including phenoxy) is 2. The number of nitrogens with one attached hydrogen (secondary N) is 2. The summed E-state index contributed by atoms with van der Waals surface area (Å²) in [5.41, 5.74) is 15.5. The highest BCUT2D eigenvalue weighted by Gasteiger charge is 2.33. The van der Waals surface area contributed by atoms with Crippen molar-refractivity contribution in [3.05, 3.63) is 43.6 Å². The number of nitrogens with two attached hydrogens (primary N) is 2. The van der Waals surface area contributed by atoms with Crippen LogP contribution < -0.4 is 27.2 Å². The molecule has 50 heavy (non-hydrogen) atoms. The molecule has 6 N–H and O–H groups in total. The van der Waals surface area contributed by atoms with Gasteiger partial charge in [0.25, 0.3) is 0 Å². The number of H-pyrrole nitrogens is 1. The molecule has 276 valence electrons. The number of Topliss-reactive ketones (excluding diaryl/α,β-unsaturated/α-hetero) is 1. The Morgan fingerprint density at radius 3 is 2.50 bits per heavy atom. The zero-order chi connectivity index (χ0) is 36.8. The standard InChI is InChI=1S/C30H42N8O3S.C5H10O.C2H6/c1-6-10-19(23(32)18-12-8-13-21-22(18)20(15-31)26(33)42-21)25(39)28-35-27-24(38(7-2)30(40)37-27)29(36-28)41-17(4)16(3)11-9-14-34-5;1-2-4-6-5-3-1;1-2/h16-18,34H,6-14,32-33H2,1-5H3,(H,35,36,37,40);1-5H2;1-2H3/b23-19-;;/t16-,17?,18-;;/m0../s1. The molecule has 5 rings (SSSR count). The first-order valence-electron chi connectivity index (χ1n) is 18.4. The molecular weight excluding hydrogens is 653 g/mol. The molecular formula is C37H58N8O4S. The normalized spacial score (nSPS) is 17.2. The Balaban J connectivity index is 0.000000752. The smallest absolute Gasteiger partial charge is 0.327 e. The number of nitriles is 1. The first kappa shape index (κ1) is 40.7. The van der Waals surface area contributed by atoms with E-state index in [0.29, 0.717) is 53.2 Å². The van der Waals surface area contributed by atoms with Gasteiger partial charge in [0, 0.05) is 41.8 Å². The number of imidazole rings is 1. The minimum atomic E-state index is -0.408. The minimum absolute atomic E-state index is 0.0789. The quantitative estimate of drug-likeness (QED) is 0.0857. The Morgan fingerprint density at radius 1 is 1.20 bits per heavy atom. The summed E-state index contributed by atoms with van der Waals surface area (Å²) in [6.45, 7) is 15.2. The Hall–Kier alpha value is -3.73. The van der Waals surface area contributed by atoms with E-state index in [-0.39, 0.29) is 41.0 Å². The first-order chi connectivity index (χ1) is 24.2. The van der Waals surface area contributed by atoms with Crippen molar-refractivity contribution in [3.8, 4) is 11.9 Å². The van der Waals surface area contributed by atoms with Crippen LogP contribution in [0, 0.1) is 17.2 Å². The summed E-state index contributed by atoms with van der Waals surface area (Å²) < 4.78 is 12.9. The van der Waals surface area contributed by atoms with Gasteiger partial charge in [-0.3, -0.25) is 14.3 Å². The number of thiophene rings is 1. The van der Waals surface area contributed by atoms with Crippen molar-refractivity contribution in [2.45, 2.75) is 124 Å². The maximum absolute atomic E-state index is 14.1. The molecule has 2 aliphatic rings. The molecule has 3 aromatic rings. The van der Waals surface area contributed by atoms with Gasteiger partial charge in [-0.05, 0) is 96.7 Å². The molecule has 0 radical (unpaired) electrons. The van der Waals surface area contributed by atoms with Gasteiger partial charge >= 0.3 is 5.69 Å². The van der Waals surface area contributed by atoms with E-state index in [1.165, 1.54) is 35.2 Å². The number of ketones is 1. The lowest BCUT2D eigenvalue weighted by Gasteiger charge is -2.25. The zero-order valence-corrected chi connectivity index (χ0v) is 31.9. The summed E-state index contributed by atoms with van der Waals surface area (Å²) in [5, 5.41) is 13.5. The fraction of sp³-hybridized carbons (Fsp3) is 0.649. The van der Waals surface area contributed by atoms with E-state index in [1.807, 2.05) is 41.7 Å². The van der Waals surface area contributed by atoms with Crippen molar-refractivity contribution in [1.29, 1.82) is 5.26 Å². The molecule has 0 bridgehead atoms. The fourth-order valence-corrected chi connectivity index (χ4v) is 7.55. The van der Waals surface area contributed by atoms with E-state index in [4.69, 9.17) is 20.9 Å². The number of hydrogen-bond acceptors (Lipinski definition) is 11. The maximum Gasteiger partial charge on any atom is 0.327 e. The molecule has 1 saturated heterocycles. The molecule has 0 amide bonds. The minimum Gasteiger partial charge on any atom is -0.473 e. The first-order valence-corrected chi connectivity index (χ1v) is 19.2. The van der Waals surface area contributed by atoms with E-state index < -0.39 is 5.78 Å². The molecule has 1 unspecified atom stereocenters. The zero-order valence-electron chi connectivity index (χ0n) is 31.1. The summed E-state index contributed by atoms with van der Waals surface area (Å²) >= 11 is 1.43. The number of aryl methyl sites for hydroxylation is 2. The lowest BCUT2D eigenvalue weighted by atomic mass is 9.80. The second kappa shape index (κ2) is 20.2. The number of anilines is 1. The Bertz CT molecular complexity index is 1670. The fourth-order valence-electron chi connectivity index (χ4n) is 6.42. The van der Waals surface area contributed by atoms with Gasteiger partial charge in [-0.2, -0.15) is 10.2 Å². The molecule has 0 saturated carbocycles. The molecule has 0 aromatic carbocycles. The van der Waals surface area contributed by atoms with Crippen molar-refractivity contribution in [3.63, 3.8) is 0 Å². The highest BCUT2D eigenvalue weighted by atomic mass is 32.1. The Kier molecular flexibility index (Phi) is 16.4. The van der Waals surface area contributed by atoms with Crippen LogP contribution in [0.25, 0.3) is 11.2 Å². The van der Waals surface area contributed by atoms with E-state index in [1.54, 1.807) is 0 Å². The van der Waals surface area contributed by atoms with Crippen LogP contribution in [-0.4, -0.2) is 58.2 Å². The monoisotopic (exact) mass is 710 g/mol. The van der Waals surface area contributed by atoms with Gasteiger partial charge in [0.15, 0.2) is 11.2 Å². The van der Waals surface area contributed by atoms with Gasteiger partial charge in [0.1, 0.15) is 17.2 Å². The molecule has 3 aromatic heterocycles. The van der Waals surface area contributed by atoms with Crippen LogP contribution in [0.1, 0.15) is 132 Å². The second-order valence-electron chi connectivity index (χ2n) is 12.7. The summed E-state index contributed by atoms with van der Waals surface area (Å²) in [6, 6.07) is 2.25. The number of nitrogen functional groups attached to an aromatic ring is 1. The van der Waals surface area contributed by atoms with Crippen molar-refractivity contribution in [2.24, 2.45) is 11.7 Å². The SMILES string of the molecule is C1CCOCC1.CC.CCC/C(C(=O)c1nc(OC(C)[C@@H](C)CCCNC)c2c(n1)[nH]c(=O)n2CC)=C(/N)[C@H]1CCCc2sc(N)c(C#N)c21. The number of nitrogens with zero attached hydrogens (tertiary/aromatic N) is 4. The Morgan fingerprint density at radius 2 is 1.92 bits per heavy atom. The molecule has 0 spiro atoms. The van der Waals surface area contributed by atoms with E-state index in [2.05, 4.69) is 33.3 Å². The number of allylic oxidation sites excluding steroid dienone is 2. The highest BCUT2D eigenvalue weighted by Crippen LogP contribution is 2.45. The van der Waals surface area contributed by atoms with E-state index in [9.17, 15) is 14.9 Å². The largest absolute Gasteiger partial charge is 0.473 e. The van der Waals surface area contributed by atoms with Crippen LogP contribution >= 0.6 is 11.3 Å². The molecule has 13 heteroatoms. The third-order valence-electron chi connectivity index (χ3n) is 9.28. The number of rotatable bonds is 13. The average molecular weight is 711 g/mol. The van der Waals surface area contributed by atoms with Crippen molar-refractivity contribution >= 4 is 33.3 Å². The summed E-state index contributed by atoms with van der Waals surface area (Å²) in [5.74, 6) is -0.369. The van der Waals surface area contributed by atoms with E-state index in [0.717, 1.165) is 55.9 Å².